The molecule has 0 bridgehead atoms. The Bertz CT molecular complexity index is 1110. The molecule has 3 rings (SSSR count). The Morgan fingerprint density at radius 1 is 1.00 bits per heavy atom. The number of anilines is 1. The third-order valence-electron chi connectivity index (χ3n) is 4.68. The molecule has 0 fully saturated rings. The van der Waals surface area contributed by atoms with Gasteiger partial charge in [0.2, 0.25) is 5.91 Å². The number of imide groups is 1. The van der Waals surface area contributed by atoms with Crippen molar-refractivity contribution in [2.24, 2.45) is 0 Å². The van der Waals surface area contributed by atoms with Gasteiger partial charge >= 0.3 is 6.18 Å². The summed E-state index contributed by atoms with van der Waals surface area (Å²) in [4.78, 5) is 39.0. The van der Waals surface area contributed by atoms with Crippen molar-refractivity contribution in [2.75, 3.05) is 17.3 Å². The number of halogens is 3. The molecule has 2 aromatic rings. The van der Waals surface area contributed by atoms with Gasteiger partial charge in [0.25, 0.3) is 11.8 Å². The van der Waals surface area contributed by atoms with Gasteiger partial charge in [-0.15, -0.1) is 0 Å². The van der Waals surface area contributed by atoms with Gasteiger partial charge in [0.05, 0.1) is 22.4 Å². The molecule has 0 saturated heterocycles. The Kier molecular flexibility index (Phi) is 5.90. The van der Waals surface area contributed by atoms with E-state index in [2.05, 4.69) is 5.32 Å². The maximum Gasteiger partial charge on any atom is 0.416 e. The van der Waals surface area contributed by atoms with Crippen LogP contribution < -0.4 is 5.32 Å². The molecular weight excluding hydrogens is 437 g/mol. The van der Waals surface area contributed by atoms with E-state index in [-0.39, 0.29) is 23.2 Å². The predicted octanol–water partition coefficient (Wildman–Crippen LogP) is 2.74. The molecule has 11 heteroatoms. The van der Waals surface area contributed by atoms with Crippen LogP contribution in [0, 0.1) is 0 Å². The van der Waals surface area contributed by atoms with Crippen LogP contribution in [0.4, 0.5) is 18.9 Å². The molecule has 0 aromatic heterocycles. The van der Waals surface area contributed by atoms with Gasteiger partial charge in [-0.2, -0.15) is 13.2 Å². The van der Waals surface area contributed by atoms with E-state index in [1.165, 1.54) is 12.1 Å². The van der Waals surface area contributed by atoms with Crippen molar-refractivity contribution in [3.05, 3.63) is 65.2 Å². The largest absolute Gasteiger partial charge is 0.416 e. The minimum absolute atomic E-state index is 0.000959. The van der Waals surface area contributed by atoms with Crippen LogP contribution in [0.3, 0.4) is 0 Å². The fourth-order valence-electron chi connectivity index (χ4n) is 3.16. The molecule has 0 radical (unpaired) electrons. The van der Waals surface area contributed by atoms with E-state index in [0.717, 1.165) is 30.5 Å². The molecular formula is C20H17F3N2O5S. The van der Waals surface area contributed by atoms with Crippen molar-refractivity contribution >= 4 is 33.2 Å². The molecule has 2 aromatic carbocycles. The van der Waals surface area contributed by atoms with Gasteiger partial charge in [-0.3, -0.25) is 19.3 Å². The number of rotatable bonds is 6. The highest BCUT2D eigenvalue weighted by Gasteiger charge is 2.42. The molecule has 1 atom stereocenters. The third kappa shape index (κ3) is 4.93. The van der Waals surface area contributed by atoms with Crippen molar-refractivity contribution in [3.63, 3.8) is 0 Å². The average Bonchev–Trinajstić information content (AvgIpc) is 2.92. The van der Waals surface area contributed by atoms with E-state index in [1.807, 2.05) is 0 Å². The number of alkyl halides is 3. The number of nitrogens with zero attached hydrogens (tertiary/aromatic N) is 1. The molecule has 0 spiro atoms. The van der Waals surface area contributed by atoms with E-state index in [0.29, 0.717) is 4.90 Å². The molecule has 1 unspecified atom stereocenters. The highest BCUT2D eigenvalue weighted by Crippen LogP contribution is 2.30. The van der Waals surface area contributed by atoms with Gasteiger partial charge in [0.1, 0.15) is 15.9 Å². The number of fused-ring (bicyclic) bond motifs is 1. The summed E-state index contributed by atoms with van der Waals surface area (Å²) < 4.78 is 61.4. The highest BCUT2D eigenvalue weighted by molar-refractivity contribution is 7.90. The molecule has 1 N–H and O–H groups in total. The lowest BCUT2D eigenvalue weighted by Crippen LogP contribution is -2.48. The van der Waals surface area contributed by atoms with Crippen molar-refractivity contribution in [1.82, 2.24) is 4.90 Å². The van der Waals surface area contributed by atoms with Crippen molar-refractivity contribution < 1.29 is 36.0 Å². The van der Waals surface area contributed by atoms with Gasteiger partial charge in [-0.25, -0.2) is 8.42 Å². The smallest absolute Gasteiger partial charge is 0.324 e. The summed E-state index contributed by atoms with van der Waals surface area (Å²) in [5.74, 6) is -2.87. The third-order valence-corrected chi connectivity index (χ3v) is 5.66. The fourth-order valence-corrected chi connectivity index (χ4v) is 3.81. The maximum atomic E-state index is 12.9. The van der Waals surface area contributed by atoms with Gasteiger partial charge in [-0.05, 0) is 42.8 Å². The molecule has 7 nitrogen and oxygen atoms in total. The lowest BCUT2D eigenvalue weighted by Gasteiger charge is -2.25. The first kappa shape index (κ1) is 22.5. The molecule has 0 aliphatic carbocycles. The minimum Gasteiger partial charge on any atom is -0.324 e. The van der Waals surface area contributed by atoms with Gasteiger partial charge in [-0.1, -0.05) is 12.1 Å². The SMILES string of the molecule is CS(=O)(=O)CCC(C(=O)Nc1ccc(C(F)(F)F)cc1)N1C(=O)c2ccccc2C1=O. The molecule has 164 valence electrons. The molecule has 1 heterocycles. The van der Waals surface area contributed by atoms with Crippen LogP contribution in [0.5, 0.6) is 0 Å². The Balaban J connectivity index is 1.88. The minimum atomic E-state index is -4.55. The van der Waals surface area contributed by atoms with Crippen LogP contribution in [0.25, 0.3) is 0 Å². The summed E-state index contributed by atoms with van der Waals surface area (Å²) in [5, 5.41) is 2.35. The fraction of sp³-hybridized carbons (Fsp3) is 0.250. The Morgan fingerprint density at radius 3 is 1.97 bits per heavy atom. The zero-order valence-corrected chi connectivity index (χ0v) is 17.0. The second-order valence-corrected chi connectivity index (χ2v) is 9.28. The molecule has 1 aliphatic rings. The van der Waals surface area contributed by atoms with Crippen LogP contribution in [0.2, 0.25) is 0 Å². The number of hydrogen-bond donors (Lipinski definition) is 1. The van der Waals surface area contributed by atoms with Crippen LogP contribution in [0.1, 0.15) is 32.7 Å². The maximum absolute atomic E-state index is 12.9. The van der Waals surface area contributed by atoms with Crippen molar-refractivity contribution in [3.8, 4) is 0 Å². The van der Waals surface area contributed by atoms with Crippen molar-refractivity contribution in [1.29, 1.82) is 0 Å². The zero-order valence-electron chi connectivity index (χ0n) is 16.1. The van der Waals surface area contributed by atoms with Crippen LogP contribution in [-0.2, 0) is 20.8 Å². The second kappa shape index (κ2) is 8.14. The summed E-state index contributed by atoms with van der Waals surface area (Å²) in [6.45, 7) is 0. The predicted molar refractivity (Wildman–Crippen MR) is 105 cm³/mol. The molecule has 31 heavy (non-hydrogen) atoms. The normalized spacial score (nSPS) is 15.0. The average molecular weight is 454 g/mol. The zero-order chi connectivity index (χ0) is 23.0. The number of carbonyl (C=O) groups is 3. The first-order valence-electron chi connectivity index (χ1n) is 9.01. The van der Waals surface area contributed by atoms with E-state index in [1.54, 1.807) is 12.1 Å². The van der Waals surface area contributed by atoms with E-state index >= 15 is 0 Å². The van der Waals surface area contributed by atoms with Gasteiger partial charge in [0.15, 0.2) is 0 Å². The standard InChI is InChI=1S/C20H17F3N2O5S/c1-31(29,30)11-10-16(25-18(27)14-4-2-3-5-15(14)19(25)28)17(26)24-13-8-6-12(7-9-13)20(21,22)23/h2-9,16H,10-11H2,1H3,(H,24,26). The highest BCUT2D eigenvalue weighted by atomic mass is 32.2. The van der Waals surface area contributed by atoms with Crippen molar-refractivity contribution in [2.45, 2.75) is 18.6 Å². The summed E-state index contributed by atoms with van der Waals surface area (Å²) >= 11 is 0. The monoisotopic (exact) mass is 454 g/mol. The Morgan fingerprint density at radius 2 is 1.52 bits per heavy atom. The first-order valence-corrected chi connectivity index (χ1v) is 11.1. The Hall–Kier alpha value is -3.21. The quantitative estimate of drug-likeness (QED) is 0.677. The van der Waals surface area contributed by atoms with E-state index in [4.69, 9.17) is 0 Å². The number of hydrogen-bond acceptors (Lipinski definition) is 5. The molecule has 3 amide bonds. The number of nitrogens with one attached hydrogen (secondary N) is 1. The number of amides is 3. The van der Waals surface area contributed by atoms with Crippen LogP contribution in [-0.4, -0.2) is 49.1 Å². The summed E-state index contributed by atoms with van der Waals surface area (Å²) in [6, 6.07) is 8.03. The summed E-state index contributed by atoms with van der Waals surface area (Å²) in [5.41, 5.74) is -0.753. The lowest BCUT2D eigenvalue weighted by molar-refractivity contribution is -0.137. The molecule has 0 saturated carbocycles. The Labute approximate surface area is 175 Å². The van der Waals surface area contributed by atoms with E-state index in [9.17, 15) is 36.0 Å². The topological polar surface area (TPSA) is 101 Å². The second-order valence-electron chi connectivity index (χ2n) is 7.02. The number of sulfone groups is 1. The van der Waals surface area contributed by atoms with Crippen LogP contribution in [0.15, 0.2) is 48.5 Å². The van der Waals surface area contributed by atoms with Gasteiger partial charge < -0.3 is 5.32 Å². The van der Waals surface area contributed by atoms with E-state index < -0.39 is 51.1 Å². The van der Waals surface area contributed by atoms with Gasteiger partial charge in [0, 0.05) is 11.9 Å². The molecule has 1 aliphatic heterocycles. The summed E-state index contributed by atoms with van der Waals surface area (Å²) in [6.07, 6.45) is -3.97. The summed E-state index contributed by atoms with van der Waals surface area (Å²) in [7, 11) is -3.53. The number of carbonyl (C=O) groups excluding carboxylic acids is 3. The van der Waals surface area contributed by atoms with Crippen LogP contribution >= 0.6 is 0 Å². The number of benzene rings is 2. The first-order chi connectivity index (χ1) is 14.4. The lowest BCUT2D eigenvalue weighted by atomic mass is 10.1.